The van der Waals surface area contributed by atoms with Gasteiger partial charge in [-0.25, -0.2) is 0 Å². The van der Waals surface area contributed by atoms with Gasteiger partial charge in [0.15, 0.2) is 0 Å². The van der Waals surface area contributed by atoms with E-state index in [0.717, 1.165) is 44.0 Å². The van der Waals surface area contributed by atoms with Crippen LogP contribution in [0.1, 0.15) is 103 Å². The highest BCUT2D eigenvalue weighted by Gasteiger charge is 2.16. The first kappa shape index (κ1) is 26.4. The molecule has 0 heterocycles. The molecule has 0 aliphatic carbocycles. The summed E-state index contributed by atoms with van der Waals surface area (Å²) in [5.41, 5.74) is 1.34. The SMILES string of the molecule is CCCCCCCCOc1c2ccccc2c(OCCCCCCCC)c2cc(CC)ccc12. The van der Waals surface area contributed by atoms with E-state index in [1.54, 1.807) is 0 Å². The van der Waals surface area contributed by atoms with Crippen molar-refractivity contribution in [3.05, 3.63) is 48.0 Å². The van der Waals surface area contributed by atoms with Gasteiger partial charge in [0, 0.05) is 21.5 Å². The van der Waals surface area contributed by atoms with Gasteiger partial charge in [-0.1, -0.05) is 121 Å². The number of aryl methyl sites for hydroxylation is 1. The summed E-state index contributed by atoms with van der Waals surface area (Å²) in [6.07, 6.45) is 16.3. The summed E-state index contributed by atoms with van der Waals surface area (Å²) in [5.74, 6) is 2.05. The monoisotopic (exact) mass is 462 g/mol. The molecule has 0 fully saturated rings. The minimum absolute atomic E-state index is 0.777. The lowest BCUT2D eigenvalue weighted by molar-refractivity contribution is 0.306. The Morgan fingerprint density at radius 2 is 0.971 bits per heavy atom. The Hall–Kier alpha value is -2.22. The van der Waals surface area contributed by atoms with Crippen molar-refractivity contribution in [1.82, 2.24) is 0 Å². The Morgan fingerprint density at radius 3 is 1.50 bits per heavy atom. The summed E-state index contributed by atoms with van der Waals surface area (Å²) in [5, 5.41) is 4.72. The van der Waals surface area contributed by atoms with Crippen LogP contribution in [0.3, 0.4) is 0 Å². The smallest absolute Gasteiger partial charge is 0.135 e. The van der Waals surface area contributed by atoms with Crippen LogP contribution in [0.25, 0.3) is 21.5 Å². The van der Waals surface area contributed by atoms with Crippen LogP contribution in [0.15, 0.2) is 42.5 Å². The lowest BCUT2D eigenvalue weighted by Gasteiger charge is -2.18. The second kappa shape index (κ2) is 14.9. The van der Waals surface area contributed by atoms with Gasteiger partial charge in [0.2, 0.25) is 0 Å². The molecule has 3 aromatic rings. The van der Waals surface area contributed by atoms with Crippen molar-refractivity contribution in [2.75, 3.05) is 13.2 Å². The fourth-order valence-corrected chi connectivity index (χ4v) is 4.79. The summed E-state index contributed by atoms with van der Waals surface area (Å²) < 4.78 is 13.0. The van der Waals surface area contributed by atoms with Gasteiger partial charge in [0.1, 0.15) is 11.5 Å². The van der Waals surface area contributed by atoms with Crippen molar-refractivity contribution in [3.63, 3.8) is 0 Å². The van der Waals surface area contributed by atoms with E-state index in [9.17, 15) is 0 Å². The fourth-order valence-electron chi connectivity index (χ4n) is 4.79. The third-order valence-electron chi connectivity index (χ3n) is 6.89. The van der Waals surface area contributed by atoms with Crippen LogP contribution in [0, 0.1) is 0 Å². The minimum atomic E-state index is 0.777. The number of hydrogen-bond donors (Lipinski definition) is 0. The average molecular weight is 463 g/mol. The van der Waals surface area contributed by atoms with Crippen LogP contribution in [0.2, 0.25) is 0 Å². The lowest BCUT2D eigenvalue weighted by Crippen LogP contribution is -2.03. The number of ether oxygens (including phenoxy) is 2. The molecule has 0 saturated heterocycles. The van der Waals surface area contributed by atoms with Crippen LogP contribution < -0.4 is 9.47 Å². The van der Waals surface area contributed by atoms with Gasteiger partial charge in [-0.2, -0.15) is 0 Å². The molecule has 2 nitrogen and oxygen atoms in total. The minimum Gasteiger partial charge on any atom is -0.492 e. The molecule has 3 aromatic carbocycles. The van der Waals surface area contributed by atoms with Crippen LogP contribution in [-0.4, -0.2) is 13.2 Å². The zero-order valence-corrected chi connectivity index (χ0v) is 22.0. The Morgan fingerprint density at radius 1 is 0.500 bits per heavy atom. The van der Waals surface area contributed by atoms with E-state index in [2.05, 4.69) is 63.2 Å². The third kappa shape index (κ3) is 7.39. The molecule has 0 N–H and O–H groups in total. The van der Waals surface area contributed by atoms with E-state index in [1.807, 2.05) is 0 Å². The number of unbranched alkanes of at least 4 members (excludes halogenated alkanes) is 10. The highest BCUT2D eigenvalue weighted by molar-refractivity contribution is 6.11. The second-order valence-corrected chi connectivity index (χ2v) is 9.67. The number of fused-ring (bicyclic) bond motifs is 2. The molecule has 34 heavy (non-hydrogen) atoms. The zero-order chi connectivity index (χ0) is 24.0. The van der Waals surface area contributed by atoms with Gasteiger partial charge < -0.3 is 9.47 Å². The molecule has 2 heteroatoms. The maximum atomic E-state index is 6.52. The summed E-state index contributed by atoms with van der Waals surface area (Å²) in [4.78, 5) is 0. The quantitative estimate of drug-likeness (QED) is 0.147. The number of rotatable bonds is 17. The third-order valence-corrected chi connectivity index (χ3v) is 6.89. The molecule has 0 aromatic heterocycles. The summed E-state index contributed by atoms with van der Waals surface area (Å²) in [6, 6.07) is 15.4. The highest BCUT2D eigenvalue weighted by Crippen LogP contribution is 2.43. The molecule has 0 saturated carbocycles. The van der Waals surface area contributed by atoms with Gasteiger partial charge in [0.05, 0.1) is 13.2 Å². The first-order valence-corrected chi connectivity index (χ1v) is 14.0. The largest absolute Gasteiger partial charge is 0.492 e. The maximum Gasteiger partial charge on any atom is 0.135 e. The van der Waals surface area contributed by atoms with Crippen molar-refractivity contribution >= 4 is 21.5 Å². The van der Waals surface area contributed by atoms with E-state index >= 15 is 0 Å². The van der Waals surface area contributed by atoms with E-state index in [0.29, 0.717) is 0 Å². The zero-order valence-electron chi connectivity index (χ0n) is 22.0. The summed E-state index contributed by atoms with van der Waals surface area (Å²) in [6.45, 7) is 8.31. The molecular formula is C32H46O2. The van der Waals surface area contributed by atoms with Crippen LogP contribution in [0.4, 0.5) is 0 Å². The van der Waals surface area contributed by atoms with Gasteiger partial charge in [0.25, 0.3) is 0 Å². The normalized spacial score (nSPS) is 11.4. The number of hydrogen-bond acceptors (Lipinski definition) is 2. The van der Waals surface area contributed by atoms with Crippen molar-refractivity contribution in [1.29, 1.82) is 0 Å². The molecule has 0 radical (unpaired) electrons. The fraction of sp³-hybridized carbons (Fsp3) is 0.562. The molecule has 0 spiro atoms. The summed E-state index contributed by atoms with van der Waals surface area (Å²) in [7, 11) is 0. The van der Waals surface area contributed by atoms with Crippen molar-refractivity contribution in [2.24, 2.45) is 0 Å². The summed E-state index contributed by atoms with van der Waals surface area (Å²) >= 11 is 0. The molecule has 0 aliphatic rings. The molecule has 0 atom stereocenters. The Kier molecular flexibility index (Phi) is 11.6. The van der Waals surface area contributed by atoms with Gasteiger partial charge >= 0.3 is 0 Å². The Labute approximate surface area is 208 Å². The van der Waals surface area contributed by atoms with Crippen LogP contribution in [0.5, 0.6) is 11.5 Å². The molecule has 0 unspecified atom stereocenters. The standard InChI is InChI=1S/C32H46O2/c1-4-7-9-11-13-17-23-33-31-27-19-15-16-20-28(27)32(34-24-18-14-12-10-8-5-2)30-25-26(6-3)21-22-29(30)31/h15-16,19-22,25H,4-14,17-18,23-24H2,1-3H3. The number of benzene rings is 3. The first-order chi connectivity index (χ1) is 16.8. The Bertz CT molecular complexity index is 991. The van der Waals surface area contributed by atoms with Crippen molar-refractivity contribution in [3.8, 4) is 11.5 Å². The molecular weight excluding hydrogens is 416 g/mol. The Balaban J connectivity index is 1.81. The van der Waals surface area contributed by atoms with Crippen molar-refractivity contribution in [2.45, 2.75) is 104 Å². The molecule has 0 bridgehead atoms. The van der Waals surface area contributed by atoms with Crippen molar-refractivity contribution < 1.29 is 9.47 Å². The lowest BCUT2D eigenvalue weighted by atomic mass is 9.98. The van der Waals surface area contributed by atoms with Crippen LogP contribution in [-0.2, 0) is 6.42 Å². The topological polar surface area (TPSA) is 18.5 Å². The molecule has 186 valence electrons. The van der Waals surface area contributed by atoms with Crippen LogP contribution >= 0.6 is 0 Å². The van der Waals surface area contributed by atoms with E-state index in [4.69, 9.17) is 9.47 Å². The highest BCUT2D eigenvalue weighted by atomic mass is 16.5. The van der Waals surface area contributed by atoms with Gasteiger partial charge in [-0.3, -0.25) is 0 Å². The molecule has 0 amide bonds. The molecule has 0 aliphatic heterocycles. The predicted octanol–water partition coefficient (Wildman–Crippen LogP) is 10.0. The predicted molar refractivity (Wildman–Crippen MR) is 149 cm³/mol. The maximum absolute atomic E-state index is 6.52. The van der Waals surface area contributed by atoms with Gasteiger partial charge in [-0.05, 0) is 30.9 Å². The van der Waals surface area contributed by atoms with E-state index in [-0.39, 0.29) is 0 Å². The van der Waals surface area contributed by atoms with E-state index in [1.165, 1.54) is 91.3 Å². The first-order valence-electron chi connectivity index (χ1n) is 14.0. The van der Waals surface area contributed by atoms with Gasteiger partial charge in [-0.15, -0.1) is 0 Å². The van der Waals surface area contributed by atoms with E-state index < -0.39 is 0 Å². The second-order valence-electron chi connectivity index (χ2n) is 9.67. The average Bonchev–Trinajstić information content (AvgIpc) is 2.87. The molecule has 3 rings (SSSR count).